The molecule has 0 amide bonds. The summed E-state index contributed by atoms with van der Waals surface area (Å²) in [4.78, 5) is 2.27. The lowest BCUT2D eigenvalue weighted by Gasteiger charge is -2.32. The molecule has 1 aliphatic carbocycles. The SMILES string of the molecule is COc1cc(Cl)ccc1NC(=S)N(C[C@@H]1CC=CCC1)C[C@@H]1CCCO1. The summed E-state index contributed by atoms with van der Waals surface area (Å²) in [5.41, 5.74) is 0.836. The fraction of sp³-hybridized carbons (Fsp3) is 0.550. The zero-order valence-corrected chi connectivity index (χ0v) is 16.8. The molecule has 2 atom stereocenters. The minimum atomic E-state index is 0.265. The lowest BCUT2D eigenvalue weighted by molar-refractivity contribution is 0.0882. The standard InChI is InChI=1S/C20H27ClN2O2S/c1-24-19-12-16(21)9-10-18(19)22-20(26)23(14-17-8-5-11-25-17)13-15-6-3-2-4-7-15/h2-3,9-10,12,15,17H,4-8,11,13-14H2,1H3,(H,22,26)/t15-,17+/m1/s1. The zero-order chi connectivity index (χ0) is 18.4. The van der Waals surface area contributed by atoms with E-state index in [9.17, 15) is 0 Å². The molecule has 4 nitrogen and oxygen atoms in total. The van der Waals surface area contributed by atoms with E-state index in [0.29, 0.717) is 16.7 Å². The summed E-state index contributed by atoms with van der Waals surface area (Å²) in [5, 5.41) is 4.71. The Morgan fingerprint density at radius 2 is 2.23 bits per heavy atom. The van der Waals surface area contributed by atoms with Crippen molar-refractivity contribution in [1.29, 1.82) is 0 Å². The van der Waals surface area contributed by atoms with Crippen LogP contribution in [0.3, 0.4) is 0 Å². The van der Waals surface area contributed by atoms with Crippen molar-refractivity contribution in [3.05, 3.63) is 35.4 Å². The molecule has 0 aromatic heterocycles. The number of thiocarbonyl (C=S) groups is 1. The van der Waals surface area contributed by atoms with Crippen LogP contribution in [0.5, 0.6) is 5.75 Å². The van der Waals surface area contributed by atoms with Gasteiger partial charge in [-0.05, 0) is 62.4 Å². The van der Waals surface area contributed by atoms with Gasteiger partial charge in [-0.15, -0.1) is 0 Å². The number of anilines is 1. The van der Waals surface area contributed by atoms with Crippen LogP contribution in [0.2, 0.25) is 5.02 Å². The van der Waals surface area contributed by atoms with Crippen molar-refractivity contribution in [3.8, 4) is 5.75 Å². The molecule has 1 fully saturated rings. The second kappa shape index (κ2) is 9.58. The maximum atomic E-state index is 6.06. The van der Waals surface area contributed by atoms with Gasteiger partial charge in [-0.25, -0.2) is 0 Å². The summed E-state index contributed by atoms with van der Waals surface area (Å²) in [5.74, 6) is 1.32. The second-order valence-electron chi connectivity index (χ2n) is 6.97. The van der Waals surface area contributed by atoms with Gasteiger partial charge in [0.15, 0.2) is 5.11 Å². The topological polar surface area (TPSA) is 33.7 Å². The van der Waals surface area contributed by atoms with Gasteiger partial charge >= 0.3 is 0 Å². The molecular weight excluding hydrogens is 368 g/mol. The average Bonchev–Trinajstić information content (AvgIpc) is 3.16. The van der Waals surface area contributed by atoms with Crippen LogP contribution in [-0.4, -0.2) is 42.9 Å². The third kappa shape index (κ3) is 5.35. The highest BCUT2D eigenvalue weighted by Gasteiger charge is 2.24. The van der Waals surface area contributed by atoms with Gasteiger partial charge in [0.25, 0.3) is 0 Å². The van der Waals surface area contributed by atoms with E-state index in [4.69, 9.17) is 33.3 Å². The molecule has 0 radical (unpaired) electrons. The van der Waals surface area contributed by atoms with Gasteiger partial charge in [-0.1, -0.05) is 23.8 Å². The van der Waals surface area contributed by atoms with Gasteiger partial charge < -0.3 is 19.7 Å². The van der Waals surface area contributed by atoms with Gasteiger partial charge in [0.1, 0.15) is 5.75 Å². The average molecular weight is 395 g/mol. The summed E-state index contributed by atoms with van der Waals surface area (Å²) in [7, 11) is 1.64. The largest absolute Gasteiger partial charge is 0.495 e. The third-order valence-corrected chi connectivity index (χ3v) is 5.59. The number of rotatable bonds is 6. The van der Waals surface area contributed by atoms with E-state index in [0.717, 1.165) is 56.2 Å². The molecule has 1 aromatic carbocycles. The summed E-state index contributed by atoms with van der Waals surface area (Å²) in [6, 6.07) is 5.54. The Morgan fingerprint density at radius 3 is 2.92 bits per heavy atom. The number of hydrogen-bond donors (Lipinski definition) is 1. The van der Waals surface area contributed by atoms with Crippen molar-refractivity contribution in [2.75, 3.05) is 32.1 Å². The van der Waals surface area contributed by atoms with Crippen molar-refractivity contribution in [1.82, 2.24) is 4.90 Å². The predicted molar refractivity (Wildman–Crippen MR) is 111 cm³/mol. The van der Waals surface area contributed by atoms with Crippen molar-refractivity contribution in [3.63, 3.8) is 0 Å². The van der Waals surface area contributed by atoms with E-state index < -0.39 is 0 Å². The first kappa shape index (κ1) is 19.5. The van der Waals surface area contributed by atoms with Gasteiger partial charge in [0.05, 0.1) is 18.9 Å². The van der Waals surface area contributed by atoms with Crippen LogP contribution in [0, 0.1) is 5.92 Å². The van der Waals surface area contributed by atoms with Crippen LogP contribution >= 0.6 is 23.8 Å². The minimum Gasteiger partial charge on any atom is -0.495 e. The Bertz CT molecular complexity index is 647. The molecule has 142 valence electrons. The summed E-state index contributed by atoms with van der Waals surface area (Å²) in [6.45, 7) is 2.64. The number of halogens is 1. The first-order valence-electron chi connectivity index (χ1n) is 9.32. The van der Waals surface area contributed by atoms with Gasteiger partial charge in [-0.3, -0.25) is 0 Å². The zero-order valence-electron chi connectivity index (χ0n) is 15.2. The lowest BCUT2D eigenvalue weighted by Crippen LogP contribution is -2.43. The van der Waals surface area contributed by atoms with E-state index in [1.165, 1.54) is 6.42 Å². The van der Waals surface area contributed by atoms with E-state index in [1.807, 2.05) is 12.1 Å². The number of nitrogens with one attached hydrogen (secondary N) is 1. The second-order valence-corrected chi connectivity index (χ2v) is 7.79. The molecule has 2 aliphatic rings. The molecule has 1 heterocycles. The molecule has 26 heavy (non-hydrogen) atoms. The quantitative estimate of drug-likeness (QED) is 0.549. The molecule has 1 aromatic rings. The molecule has 0 spiro atoms. The predicted octanol–water partition coefficient (Wildman–Crippen LogP) is 4.88. The molecule has 3 rings (SSSR count). The fourth-order valence-electron chi connectivity index (χ4n) is 3.57. The van der Waals surface area contributed by atoms with E-state index >= 15 is 0 Å². The van der Waals surface area contributed by atoms with E-state index in [2.05, 4.69) is 22.4 Å². The molecule has 0 saturated carbocycles. The highest BCUT2D eigenvalue weighted by atomic mass is 35.5. The number of allylic oxidation sites excluding steroid dienone is 2. The molecule has 0 unspecified atom stereocenters. The molecule has 1 saturated heterocycles. The normalized spacial score (nSPS) is 22.2. The lowest BCUT2D eigenvalue weighted by atomic mass is 9.94. The van der Waals surface area contributed by atoms with Crippen LogP contribution in [0.15, 0.2) is 30.4 Å². The van der Waals surface area contributed by atoms with E-state index in [-0.39, 0.29) is 6.10 Å². The molecule has 1 N–H and O–H groups in total. The van der Waals surface area contributed by atoms with Crippen molar-refractivity contribution in [2.24, 2.45) is 5.92 Å². The number of hydrogen-bond acceptors (Lipinski definition) is 3. The molecule has 6 heteroatoms. The maximum absolute atomic E-state index is 6.06. The Kier molecular flexibility index (Phi) is 7.17. The summed E-state index contributed by atoms with van der Waals surface area (Å²) < 4.78 is 11.3. The number of methoxy groups -OCH3 is 1. The first-order valence-corrected chi connectivity index (χ1v) is 10.1. The van der Waals surface area contributed by atoms with Crippen LogP contribution in [-0.2, 0) is 4.74 Å². The Balaban J connectivity index is 1.69. The monoisotopic (exact) mass is 394 g/mol. The summed E-state index contributed by atoms with van der Waals surface area (Å²) in [6.07, 6.45) is 10.6. The van der Waals surface area contributed by atoms with Crippen molar-refractivity contribution < 1.29 is 9.47 Å². The number of ether oxygens (including phenoxy) is 2. The Morgan fingerprint density at radius 1 is 1.35 bits per heavy atom. The molecular formula is C20H27ClN2O2S. The number of nitrogens with zero attached hydrogens (tertiary/aromatic N) is 1. The summed E-state index contributed by atoms with van der Waals surface area (Å²) >= 11 is 11.8. The highest BCUT2D eigenvalue weighted by molar-refractivity contribution is 7.80. The third-order valence-electron chi connectivity index (χ3n) is 5.00. The maximum Gasteiger partial charge on any atom is 0.173 e. The molecule has 1 aliphatic heterocycles. The minimum absolute atomic E-state index is 0.265. The van der Waals surface area contributed by atoms with Gasteiger partial charge in [-0.2, -0.15) is 0 Å². The van der Waals surface area contributed by atoms with Gasteiger partial charge in [0.2, 0.25) is 0 Å². The fourth-order valence-corrected chi connectivity index (χ4v) is 3.99. The van der Waals surface area contributed by atoms with E-state index in [1.54, 1.807) is 13.2 Å². The van der Waals surface area contributed by atoms with Crippen LogP contribution < -0.4 is 10.1 Å². The van der Waals surface area contributed by atoms with Crippen LogP contribution in [0.1, 0.15) is 32.1 Å². The highest BCUT2D eigenvalue weighted by Crippen LogP contribution is 2.29. The number of benzene rings is 1. The van der Waals surface area contributed by atoms with Crippen molar-refractivity contribution >= 4 is 34.6 Å². The smallest absolute Gasteiger partial charge is 0.173 e. The Labute approximate surface area is 166 Å². The Hall–Kier alpha value is -1.30. The van der Waals surface area contributed by atoms with Crippen LogP contribution in [0.25, 0.3) is 0 Å². The van der Waals surface area contributed by atoms with Crippen molar-refractivity contribution in [2.45, 2.75) is 38.2 Å². The molecule has 0 bridgehead atoms. The van der Waals surface area contributed by atoms with Gasteiger partial charge in [0, 0.05) is 30.8 Å². The first-order chi connectivity index (χ1) is 12.7. The van der Waals surface area contributed by atoms with Crippen LogP contribution in [0.4, 0.5) is 5.69 Å².